The minimum Gasteiger partial charge on any atom is -1.00 e. The van der Waals surface area contributed by atoms with Crippen molar-refractivity contribution in [1.29, 1.82) is 0 Å². The zero-order chi connectivity index (χ0) is 20.5. The lowest BCUT2D eigenvalue weighted by Crippen LogP contribution is -3.00. The van der Waals surface area contributed by atoms with Crippen LogP contribution in [0.3, 0.4) is 0 Å². The molecule has 3 N–H and O–H groups in total. The Kier molecular flexibility index (Phi) is 11.3. The number of hydrogen-bond donors (Lipinski definition) is 1. The van der Waals surface area contributed by atoms with Gasteiger partial charge in [-0.15, -0.1) is 0 Å². The topological polar surface area (TPSA) is 89.5 Å². The van der Waals surface area contributed by atoms with Crippen LogP contribution in [0.5, 0.6) is 0 Å². The molecule has 0 bridgehead atoms. The molecular weight excluding hydrogens is 390 g/mol. The number of hydrogen-bond acceptors (Lipinski definition) is 3. The molecule has 1 atom stereocenters. The Balaban J connectivity index is 0.00000420. The van der Waals surface area contributed by atoms with Crippen LogP contribution in [0.1, 0.15) is 71.1 Å². The summed E-state index contributed by atoms with van der Waals surface area (Å²) in [5.41, 5.74) is 4.42. The lowest BCUT2D eigenvalue weighted by molar-refractivity contribution is -0.370. The van der Waals surface area contributed by atoms with E-state index in [2.05, 4.69) is 17.6 Å². The van der Waals surface area contributed by atoms with Crippen molar-refractivity contribution in [3.8, 4) is 0 Å². The van der Waals surface area contributed by atoms with E-state index in [4.69, 9.17) is 0 Å². The fourth-order valence-corrected chi connectivity index (χ4v) is 4.00. The molecule has 0 saturated heterocycles. The maximum Gasteiger partial charge on any atom is 0.332 e. The highest BCUT2D eigenvalue weighted by atomic mass is 35.5. The smallest absolute Gasteiger partial charge is 0.332 e. The Bertz CT molecular complexity index is 855. The van der Waals surface area contributed by atoms with E-state index in [1.54, 1.807) is 13.4 Å². The summed E-state index contributed by atoms with van der Waals surface area (Å²) < 4.78 is 4.52. The molecule has 0 saturated carbocycles. The third-order valence-electron chi connectivity index (χ3n) is 5.82. The van der Waals surface area contributed by atoms with Gasteiger partial charge >= 0.3 is 5.69 Å². The fraction of sp³-hybridized carbons (Fsp3) is 0.762. The molecule has 166 valence electrons. The predicted octanol–water partition coefficient (Wildman–Crippen LogP) is -0.783. The van der Waals surface area contributed by atoms with Gasteiger partial charge in [-0.3, -0.25) is 13.9 Å². The summed E-state index contributed by atoms with van der Waals surface area (Å²) in [6, 6.07) is 0. The molecule has 0 aliphatic rings. The summed E-state index contributed by atoms with van der Waals surface area (Å²) in [4.78, 5) is 28.9. The number of quaternary nitrogens is 1. The van der Waals surface area contributed by atoms with Gasteiger partial charge in [0, 0.05) is 20.6 Å². The molecule has 0 spiro atoms. The Labute approximate surface area is 179 Å². The molecular formula is C21H38ClN5O2. The number of aromatic nitrogens is 4. The molecule has 0 aliphatic heterocycles. The number of imidazole rings is 1. The fourth-order valence-electron chi connectivity index (χ4n) is 4.00. The van der Waals surface area contributed by atoms with Crippen molar-refractivity contribution in [3.05, 3.63) is 27.2 Å². The summed E-state index contributed by atoms with van der Waals surface area (Å²) in [6.07, 6.45) is 14.4. The lowest BCUT2D eigenvalue weighted by atomic mass is 9.94. The van der Waals surface area contributed by atoms with Crippen LogP contribution >= 0.6 is 0 Å². The van der Waals surface area contributed by atoms with E-state index in [0.717, 1.165) is 30.5 Å². The number of unbranched alkanes of at least 4 members (excludes halogenated alkanes) is 6. The monoisotopic (exact) mass is 427 g/mol. The van der Waals surface area contributed by atoms with E-state index in [1.807, 2.05) is 4.57 Å². The molecule has 0 radical (unpaired) electrons. The molecule has 2 aromatic rings. The van der Waals surface area contributed by atoms with E-state index in [1.165, 1.54) is 63.0 Å². The Hall–Kier alpha value is -1.60. The van der Waals surface area contributed by atoms with Crippen LogP contribution < -0.4 is 29.4 Å². The van der Waals surface area contributed by atoms with Crippen LogP contribution in [0.4, 0.5) is 0 Å². The quantitative estimate of drug-likeness (QED) is 0.425. The maximum absolute atomic E-state index is 12.6. The van der Waals surface area contributed by atoms with Crippen LogP contribution in [-0.2, 0) is 20.6 Å². The SMILES string of the molecule is CCCCCCCCCC(CC[NH3+])CCn1cnc2c1c(=O)n(C)c(=O)n2C.[Cl-]. The van der Waals surface area contributed by atoms with Gasteiger partial charge < -0.3 is 22.7 Å². The highest BCUT2D eigenvalue weighted by molar-refractivity contribution is 5.69. The molecule has 2 aromatic heterocycles. The molecule has 0 aliphatic carbocycles. The van der Waals surface area contributed by atoms with Crippen LogP contribution in [0, 0.1) is 5.92 Å². The van der Waals surface area contributed by atoms with Gasteiger partial charge in [-0.2, -0.15) is 0 Å². The number of fused-ring (bicyclic) bond motifs is 1. The second-order valence-electron chi connectivity index (χ2n) is 8.02. The van der Waals surface area contributed by atoms with Crippen molar-refractivity contribution < 1.29 is 18.1 Å². The molecule has 8 heteroatoms. The van der Waals surface area contributed by atoms with Gasteiger partial charge in [-0.1, -0.05) is 58.3 Å². The van der Waals surface area contributed by atoms with Gasteiger partial charge in [0.1, 0.15) is 0 Å². The summed E-state index contributed by atoms with van der Waals surface area (Å²) >= 11 is 0. The molecule has 2 heterocycles. The standard InChI is InChI=1S/C21H37N5O2.ClH/c1-4-5-6-7-8-9-10-11-17(12-14-22)13-15-26-16-23-19-18(26)20(27)25(3)21(28)24(19)2;/h16-17H,4-15,22H2,1-3H3;1H. The first kappa shape index (κ1) is 25.4. The van der Waals surface area contributed by atoms with Gasteiger partial charge in [0.15, 0.2) is 11.2 Å². The van der Waals surface area contributed by atoms with E-state index in [9.17, 15) is 9.59 Å². The average molecular weight is 428 g/mol. The van der Waals surface area contributed by atoms with Crippen LogP contribution in [0.15, 0.2) is 15.9 Å². The molecule has 0 aromatic carbocycles. The van der Waals surface area contributed by atoms with E-state index >= 15 is 0 Å². The molecule has 1 unspecified atom stereocenters. The maximum atomic E-state index is 12.6. The van der Waals surface area contributed by atoms with Gasteiger partial charge in [0.05, 0.1) is 12.9 Å². The number of nitrogens with zero attached hydrogens (tertiary/aromatic N) is 4. The van der Waals surface area contributed by atoms with Crippen LogP contribution in [0.25, 0.3) is 11.2 Å². The summed E-state index contributed by atoms with van der Waals surface area (Å²) in [6.45, 7) is 3.95. The first-order chi connectivity index (χ1) is 13.5. The Morgan fingerprint density at radius 2 is 1.62 bits per heavy atom. The third kappa shape index (κ3) is 6.71. The molecule has 2 rings (SSSR count). The Morgan fingerprint density at radius 3 is 2.28 bits per heavy atom. The first-order valence-electron chi connectivity index (χ1n) is 10.9. The average Bonchev–Trinajstić information content (AvgIpc) is 3.12. The number of aryl methyl sites for hydroxylation is 2. The van der Waals surface area contributed by atoms with Crippen LogP contribution in [-0.4, -0.2) is 25.2 Å². The third-order valence-corrected chi connectivity index (χ3v) is 5.82. The zero-order valence-corrected chi connectivity index (χ0v) is 19.1. The minimum absolute atomic E-state index is 0. The Morgan fingerprint density at radius 1 is 0.966 bits per heavy atom. The highest BCUT2D eigenvalue weighted by Crippen LogP contribution is 2.20. The number of rotatable bonds is 13. The van der Waals surface area contributed by atoms with E-state index < -0.39 is 0 Å². The second kappa shape index (κ2) is 12.9. The van der Waals surface area contributed by atoms with Crippen molar-refractivity contribution in [2.45, 2.75) is 77.7 Å². The highest BCUT2D eigenvalue weighted by Gasteiger charge is 2.16. The molecule has 7 nitrogen and oxygen atoms in total. The van der Waals surface area contributed by atoms with Gasteiger partial charge in [0.2, 0.25) is 0 Å². The molecule has 0 amide bonds. The van der Waals surface area contributed by atoms with Crippen molar-refractivity contribution in [3.63, 3.8) is 0 Å². The molecule has 29 heavy (non-hydrogen) atoms. The van der Waals surface area contributed by atoms with Gasteiger partial charge in [-0.25, -0.2) is 9.78 Å². The molecule has 0 fully saturated rings. The largest absolute Gasteiger partial charge is 1.00 e. The minimum atomic E-state index is -0.336. The van der Waals surface area contributed by atoms with Crippen molar-refractivity contribution in [2.75, 3.05) is 6.54 Å². The number of halogens is 1. The zero-order valence-electron chi connectivity index (χ0n) is 18.3. The van der Waals surface area contributed by atoms with E-state index in [-0.39, 0.29) is 23.7 Å². The van der Waals surface area contributed by atoms with Crippen LogP contribution in [0.2, 0.25) is 0 Å². The first-order valence-corrected chi connectivity index (χ1v) is 10.9. The normalized spacial score (nSPS) is 12.3. The summed E-state index contributed by atoms with van der Waals surface area (Å²) in [5.74, 6) is 0.627. The van der Waals surface area contributed by atoms with Crippen molar-refractivity contribution >= 4 is 11.2 Å². The summed E-state index contributed by atoms with van der Waals surface area (Å²) in [5, 5.41) is 0. The van der Waals surface area contributed by atoms with E-state index in [0.29, 0.717) is 17.1 Å². The van der Waals surface area contributed by atoms with Gasteiger partial charge in [-0.05, 0) is 18.8 Å². The summed E-state index contributed by atoms with van der Waals surface area (Å²) in [7, 11) is 3.18. The second-order valence-corrected chi connectivity index (χ2v) is 8.02. The lowest BCUT2D eigenvalue weighted by Gasteiger charge is -2.16. The van der Waals surface area contributed by atoms with Crippen molar-refractivity contribution in [1.82, 2.24) is 18.7 Å². The van der Waals surface area contributed by atoms with Gasteiger partial charge in [0.25, 0.3) is 5.56 Å². The van der Waals surface area contributed by atoms with Crippen molar-refractivity contribution in [2.24, 2.45) is 20.0 Å². The predicted molar refractivity (Wildman–Crippen MR) is 113 cm³/mol.